The largest absolute Gasteiger partial charge is 0.490 e. The van der Waals surface area contributed by atoms with Crippen molar-refractivity contribution in [2.75, 3.05) is 20.3 Å². The first-order chi connectivity index (χ1) is 10.0. The van der Waals surface area contributed by atoms with Crippen LogP contribution in [0.15, 0.2) is 12.1 Å². The van der Waals surface area contributed by atoms with Gasteiger partial charge in [-0.05, 0) is 19.1 Å². The molecule has 0 bridgehead atoms. The second-order valence-electron chi connectivity index (χ2n) is 4.58. The highest BCUT2D eigenvalue weighted by Gasteiger charge is 2.23. The van der Waals surface area contributed by atoms with E-state index in [2.05, 4.69) is 4.74 Å². The first-order valence-electron chi connectivity index (χ1n) is 6.49. The number of hydrogen-bond acceptors (Lipinski definition) is 5. The molecule has 0 aromatic heterocycles. The fourth-order valence-corrected chi connectivity index (χ4v) is 2.48. The van der Waals surface area contributed by atoms with E-state index in [1.165, 1.54) is 13.2 Å². The molecule has 7 heteroatoms. The topological polar surface area (TPSA) is 54.0 Å². The van der Waals surface area contributed by atoms with Crippen molar-refractivity contribution in [3.05, 3.63) is 27.7 Å². The van der Waals surface area contributed by atoms with Crippen LogP contribution in [-0.2, 0) is 14.2 Å². The van der Waals surface area contributed by atoms with Gasteiger partial charge in [0.25, 0.3) is 0 Å². The van der Waals surface area contributed by atoms with Crippen LogP contribution in [0.5, 0.6) is 5.75 Å². The Bertz CT molecular complexity index is 520. The molecule has 0 amide bonds. The van der Waals surface area contributed by atoms with Crippen LogP contribution in [0.1, 0.15) is 23.7 Å². The number of carbonyl (C=O) groups is 1. The highest BCUT2D eigenvalue weighted by molar-refractivity contribution is 6.39. The van der Waals surface area contributed by atoms with E-state index < -0.39 is 5.97 Å². The smallest absolute Gasteiger partial charge is 0.339 e. The third kappa shape index (κ3) is 4.01. The molecule has 1 fully saturated rings. The fourth-order valence-electron chi connectivity index (χ4n) is 1.92. The highest BCUT2D eigenvalue weighted by Crippen LogP contribution is 2.36. The third-order valence-corrected chi connectivity index (χ3v) is 3.63. The molecule has 0 radical (unpaired) electrons. The number of hydrogen-bond donors (Lipinski definition) is 0. The molecule has 1 aliphatic heterocycles. The van der Waals surface area contributed by atoms with E-state index in [4.69, 9.17) is 37.4 Å². The average molecular weight is 335 g/mol. The predicted molar refractivity (Wildman–Crippen MR) is 78.2 cm³/mol. The Kier molecular flexibility index (Phi) is 5.70. The van der Waals surface area contributed by atoms with E-state index in [0.717, 1.165) is 0 Å². The molecular weight excluding hydrogens is 319 g/mol. The van der Waals surface area contributed by atoms with Gasteiger partial charge in [-0.3, -0.25) is 0 Å². The second kappa shape index (κ2) is 7.31. The van der Waals surface area contributed by atoms with Gasteiger partial charge >= 0.3 is 5.97 Å². The Hall–Kier alpha value is -1.01. The van der Waals surface area contributed by atoms with Gasteiger partial charge in [-0.2, -0.15) is 0 Å². The molecule has 1 aliphatic rings. The predicted octanol–water partition coefficient (Wildman–Crippen LogP) is 3.31. The molecule has 0 aliphatic carbocycles. The van der Waals surface area contributed by atoms with Gasteiger partial charge in [0, 0.05) is 6.42 Å². The van der Waals surface area contributed by atoms with Crippen LogP contribution in [0.25, 0.3) is 0 Å². The molecule has 0 N–H and O–H groups in total. The minimum Gasteiger partial charge on any atom is -0.490 e. The molecule has 1 heterocycles. The summed E-state index contributed by atoms with van der Waals surface area (Å²) >= 11 is 12.2. The standard InChI is InChI=1S/C14H16Cl2O5/c1-8-7-20-11(21-8)5-6-19-13-10(15)4-3-9(12(13)16)14(17)18-2/h3-4,8,11H,5-7H2,1-2H3. The number of esters is 1. The lowest BCUT2D eigenvalue weighted by Crippen LogP contribution is -2.14. The van der Waals surface area contributed by atoms with Crippen LogP contribution in [0.2, 0.25) is 10.0 Å². The minimum atomic E-state index is -0.544. The number of ether oxygens (including phenoxy) is 4. The van der Waals surface area contributed by atoms with Gasteiger partial charge in [0.1, 0.15) is 0 Å². The molecule has 21 heavy (non-hydrogen) atoms. The second-order valence-corrected chi connectivity index (χ2v) is 5.36. The summed E-state index contributed by atoms with van der Waals surface area (Å²) in [7, 11) is 1.28. The summed E-state index contributed by atoms with van der Waals surface area (Å²) in [5.41, 5.74) is 0.209. The van der Waals surface area contributed by atoms with E-state index in [1.807, 2.05) is 6.92 Å². The summed E-state index contributed by atoms with van der Waals surface area (Å²) in [5, 5.41) is 0.463. The number of halogens is 2. The molecule has 2 atom stereocenters. The van der Waals surface area contributed by atoms with Crippen molar-refractivity contribution in [1.82, 2.24) is 0 Å². The van der Waals surface area contributed by atoms with Gasteiger partial charge in [-0.1, -0.05) is 23.2 Å². The number of methoxy groups -OCH3 is 1. The van der Waals surface area contributed by atoms with E-state index in [0.29, 0.717) is 24.7 Å². The van der Waals surface area contributed by atoms with E-state index in [1.54, 1.807) is 6.07 Å². The number of rotatable bonds is 5. The van der Waals surface area contributed by atoms with Crippen molar-refractivity contribution < 1.29 is 23.7 Å². The molecule has 116 valence electrons. The zero-order chi connectivity index (χ0) is 15.4. The van der Waals surface area contributed by atoms with E-state index >= 15 is 0 Å². The monoisotopic (exact) mass is 334 g/mol. The zero-order valence-corrected chi connectivity index (χ0v) is 13.2. The van der Waals surface area contributed by atoms with Gasteiger partial charge in [0.05, 0.1) is 42.0 Å². The quantitative estimate of drug-likeness (QED) is 0.773. The molecule has 0 saturated carbocycles. The average Bonchev–Trinajstić information content (AvgIpc) is 2.87. The SMILES string of the molecule is COC(=O)c1ccc(Cl)c(OCCC2OCC(C)O2)c1Cl. The van der Waals surface area contributed by atoms with Crippen LogP contribution in [0.3, 0.4) is 0 Å². The first kappa shape index (κ1) is 16.4. The normalized spacial score (nSPS) is 21.3. The van der Waals surface area contributed by atoms with Crippen molar-refractivity contribution in [3.63, 3.8) is 0 Å². The van der Waals surface area contributed by atoms with Crippen LogP contribution >= 0.6 is 23.2 Å². The Balaban J connectivity index is 2.00. The van der Waals surface area contributed by atoms with Gasteiger partial charge in [-0.25, -0.2) is 4.79 Å². The molecule has 5 nitrogen and oxygen atoms in total. The van der Waals surface area contributed by atoms with Crippen molar-refractivity contribution >= 4 is 29.2 Å². The Morgan fingerprint density at radius 1 is 1.43 bits per heavy atom. The molecule has 1 aromatic carbocycles. The minimum absolute atomic E-state index is 0.0878. The van der Waals surface area contributed by atoms with Gasteiger partial charge in [-0.15, -0.1) is 0 Å². The van der Waals surface area contributed by atoms with E-state index in [-0.39, 0.29) is 28.7 Å². The first-order valence-corrected chi connectivity index (χ1v) is 7.24. The molecule has 2 rings (SSSR count). The molecular formula is C14H16Cl2O5. The molecule has 2 unspecified atom stereocenters. The van der Waals surface area contributed by atoms with Gasteiger partial charge in [0.15, 0.2) is 12.0 Å². The van der Waals surface area contributed by atoms with Crippen molar-refractivity contribution in [1.29, 1.82) is 0 Å². The van der Waals surface area contributed by atoms with Crippen LogP contribution in [0.4, 0.5) is 0 Å². The Morgan fingerprint density at radius 2 is 2.19 bits per heavy atom. The van der Waals surface area contributed by atoms with Crippen LogP contribution in [-0.4, -0.2) is 38.7 Å². The Morgan fingerprint density at radius 3 is 2.81 bits per heavy atom. The Labute approximate surface area is 133 Å². The van der Waals surface area contributed by atoms with Crippen LogP contribution < -0.4 is 4.74 Å². The molecule has 1 aromatic rings. The summed E-state index contributed by atoms with van der Waals surface area (Å²) in [6.07, 6.45) is 0.338. The van der Waals surface area contributed by atoms with E-state index in [9.17, 15) is 4.79 Å². The lowest BCUT2D eigenvalue weighted by atomic mass is 10.2. The number of benzene rings is 1. The fraction of sp³-hybridized carbons (Fsp3) is 0.500. The van der Waals surface area contributed by atoms with Gasteiger partial charge < -0.3 is 18.9 Å². The lowest BCUT2D eigenvalue weighted by Gasteiger charge is -2.14. The van der Waals surface area contributed by atoms with Crippen molar-refractivity contribution in [2.24, 2.45) is 0 Å². The summed E-state index contributed by atoms with van der Waals surface area (Å²) in [4.78, 5) is 11.6. The zero-order valence-electron chi connectivity index (χ0n) is 11.7. The van der Waals surface area contributed by atoms with Gasteiger partial charge in [0.2, 0.25) is 0 Å². The van der Waals surface area contributed by atoms with Crippen molar-refractivity contribution in [3.8, 4) is 5.75 Å². The maximum Gasteiger partial charge on any atom is 0.339 e. The highest BCUT2D eigenvalue weighted by atomic mass is 35.5. The lowest BCUT2D eigenvalue weighted by molar-refractivity contribution is -0.0650. The summed E-state index contributed by atoms with van der Waals surface area (Å²) in [5.74, 6) is -0.287. The van der Waals surface area contributed by atoms with Crippen molar-refractivity contribution in [2.45, 2.75) is 25.7 Å². The summed E-state index contributed by atoms with van der Waals surface area (Å²) in [6, 6.07) is 3.04. The van der Waals surface area contributed by atoms with Crippen LogP contribution in [0, 0.1) is 0 Å². The maximum absolute atomic E-state index is 11.6. The maximum atomic E-state index is 11.6. The number of carbonyl (C=O) groups excluding carboxylic acids is 1. The molecule has 1 saturated heterocycles. The third-order valence-electron chi connectivity index (χ3n) is 2.96. The molecule has 0 spiro atoms. The summed E-state index contributed by atoms with van der Waals surface area (Å²) < 4.78 is 21.1. The summed E-state index contributed by atoms with van der Waals surface area (Å²) in [6.45, 7) is 2.82.